The molecule has 1 fully saturated rings. The summed E-state index contributed by atoms with van der Waals surface area (Å²) in [5.74, 6) is 0.589. The van der Waals surface area contributed by atoms with Crippen LogP contribution in [0.2, 0.25) is 0 Å². The van der Waals surface area contributed by atoms with Crippen LogP contribution < -0.4 is 10.6 Å². The molecule has 178 valence electrons. The third-order valence-corrected chi connectivity index (χ3v) is 6.82. The summed E-state index contributed by atoms with van der Waals surface area (Å²) in [6.07, 6.45) is 0.569. The molecule has 2 aliphatic heterocycles. The van der Waals surface area contributed by atoms with Gasteiger partial charge < -0.3 is 25.6 Å². The normalized spacial score (nSPS) is 20.4. The van der Waals surface area contributed by atoms with E-state index >= 15 is 0 Å². The van der Waals surface area contributed by atoms with Crippen molar-refractivity contribution in [2.75, 3.05) is 18.4 Å². The highest BCUT2D eigenvalue weighted by molar-refractivity contribution is 5.99. The summed E-state index contributed by atoms with van der Waals surface area (Å²) in [6.45, 7) is 9.21. The van der Waals surface area contributed by atoms with Crippen molar-refractivity contribution in [3.63, 3.8) is 0 Å². The second-order valence-corrected chi connectivity index (χ2v) is 10.2. The molecule has 4 heterocycles. The topological polar surface area (TPSA) is 123 Å². The molecule has 0 aliphatic carbocycles. The van der Waals surface area contributed by atoms with Gasteiger partial charge in [0.2, 0.25) is 0 Å². The van der Waals surface area contributed by atoms with E-state index in [4.69, 9.17) is 9.97 Å². The van der Waals surface area contributed by atoms with Crippen molar-refractivity contribution in [2.45, 2.75) is 52.6 Å². The number of anilines is 1. The Kier molecular flexibility index (Phi) is 5.22. The summed E-state index contributed by atoms with van der Waals surface area (Å²) < 4.78 is 0. The van der Waals surface area contributed by atoms with Crippen LogP contribution in [0.15, 0.2) is 24.3 Å². The summed E-state index contributed by atoms with van der Waals surface area (Å²) in [5.41, 5.74) is 5.34. The van der Waals surface area contributed by atoms with Gasteiger partial charge in [0.25, 0.3) is 5.91 Å². The summed E-state index contributed by atoms with van der Waals surface area (Å²) in [6, 6.07) is 7.46. The van der Waals surface area contributed by atoms with Gasteiger partial charge in [0, 0.05) is 36.5 Å². The maximum absolute atomic E-state index is 12.3. The molecule has 2 amide bonds. The number of fused-ring (bicyclic) bond motifs is 2. The van der Waals surface area contributed by atoms with Crippen molar-refractivity contribution in [1.82, 2.24) is 25.2 Å². The number of amides is 2. The first-order valence-corrected chi connectivity index (χ1v) is 11.7. The largest absolute Gasteiger partial charge is 0.465 e. The molecule has 5 rings (SSSR count). The summed E-state index contributed by atoms with van der Waals surface area (Å²) in [4.78, 5) is 38.8. The highest BCUT2D eigenvalue weighted by atomic mass is 16.4. The zero-order chi connectivity index (χ0) is 24.2. The van der Waals surface area contributed by atoms with Gasteiger partial charge >= 0.3 is 6.09 Å². The van der Waals surface area contributed by atoms with Crippen molar-refractivity contribution in [3.05, 3.63) is 41.2 Å². The molecule has 0 saturated carbocycles. The molecule has 9 nitrogen and oxygen atoms in total. The number of para-hydroxylation sites is 1. The maximum Gasteiger partial charge on any atom is 0.407 e. The average Bonchev–Trinajstić information content (AvgIpc) is 3.39. The number of carbonyl (C=O) groups excluding carboxylic acids is 1. The van der Waals surface area contributed by atoms with E-state index in [-0.39, 0.29) is 23.4 Å². The van der Waals surface area contributed by atoms with Crippen LogP contribution in [0.4, 0.5) is 10.6 Å². The Bertz CT molecular complexity index is 1290. The zero-order valence-electron chi connectivity index (χ0n) is 19.9. The number of carboxylic acid groups (broad SMARTS) is 1. The lowest BCUT2D eigenvalue weighted by Gasteiger charge is -2.37. The van der Waals surface area contributed by atoms with Gasteiger partial charge in [0.15, 0.2) is 0 Å². The Balaban J connectivity index is 1.54. The fourth-order valence-electron chi connectivity index (χ4n) is 5.36. The number of nitrogens with one attached hydrogen (secondary N) is 3. The predicted molar refractivity (Wildman–Crippen MR) is 130 cm³/mol. The van der Waals surface area contributed by atoms with Crippen LogP contribution in [0.1, 0.15) is 48.9 Å². The number of likely N-dealkylation sites (tertiary alicyclic amines) is 1. The monoisotopic (exact) mass is 462 g/mol. The average molecular weight is 463 g/mol. The number of benzene rings is 1. The van der Waals surface area contributed by atoms with E-state index in [0.29, 0.717) is 30.9 Å². The number of aromatic amines is 1. The first-order valence-electron chi connectivity index (χ1n) is 11.7. The van der Waals surface area contributed by atoms with Gasteiger partial charge in [-0.2, -0.15) is 0 Å². The Labute approximate surface area is 198 Å². The molecule has 0 radical (unpaired) electrons. The quantitative estimate of drug-likeness (QED) is 0.470. The molecule has 34 heavy (non-hydrogen) atoms. The number of H-pyrrole nitrogens is 1. The van der Waals surface area contributed by atoms with E-state index in [1.54, 1.807) is 0 Å². The standard InChI is InChI=1S/C25H30N6O3/c1-13-22(29-18-9-11-31(24(33)34)21(18)25(2,3)4)30-20-14(6-5-7-17(20)27-13)19-12-15-16(28-19)8-10-26-23(15)32/h5-7,12,18,21,28H,8-11H2,1-4H3,(H,26,32)(H,29,30)(H,33,34)/t18?,21-/m0/s1. The first kappa shape index (κ1) is 22.2. The number of hydrogen-bond donors (Lipinski definition) is 4. The number of carbonyl (C=O) groups is 2. The van der Waals surface area contributed by atoms with E-state index in [1.165, 1.54) is 4.90 Å². The van der Waals surface area contributed by atoms with Crippen LogP contribution in [-0.4, -0.2) is 62.1 Å². The van der Waals surface area contributed by atoms with Crippen molar-refractivity contribution in [1.29, 1.82) is 0 Å². The Hall–Kier alpha value is -3.62. The molecule has 1 unspecified atom stereocenters. The number of nitrogens with zero attached hydrogens (tertiary/aromatic N) is 3. The molecule has 1 aromatic carbocycles. The molecule has 3 aromatic rings. The van der Waals surface area contributed by atoms with Gasteiger partial charge in [-0.25, -0.2) is 14.8 Å². The van der Waals surface area contributed by atoms with E-state index in [1.807, 2.05) is 31.2 Å². The molecule has 1 saturated heterocycles. The van der Waals surface area contributed by atoms with Crippen LogP contribution >= 0.6 is 0 Å². The lowest BCUT2D eigenvalue weighted by molar-refractivity contribution is 0.0945. The Morgan fingerprint density at radius 2 is 2.03 bits per heavy atom. The third-order valence-electron chi connectivity index (χ3n) is 6.82. The zero-order valence-corrected chi connectivity index (χ0v) is 19.9. The molecule has 2 atom stereocenters. The second kappa shape index (κ2) is 8.00. The predicted octanol–water partition coefficient (Wildman–Crippen LogP) is 3.80. The van der Waals surface area contributed by atoms with Gasteiger partial charge in [-0.05, 0) is 30.9 Å². The van der Waals surface area contributed by atoms with Crippen LogP contribution in [-0.2, 0) is 6.42 Å². The van der Waals surface area contributed by atoms with Crippen molar-refractivity contribution in [3.8, 4) is 11.3 Å². The maximum atomic E-state index is 12.3. The molecular weight excluding hydrogens is 432 g/mol. The molecule has 2 aromatic heterocycles. The lowest BCUT2D eigenvalue weighted by atomic mass is 9.82. The second-order valence-electron chi connectivity index (χ2n) is 10.2. The van der Waals surface area contributed by atoms with E-state index in [9.17, 15) is 14.7 Å². The smallest absolute Gasteiger partial charge is 0.407 e. The molecule has 2 aliphatic rings. The highest BCUT2D eigenvalue weighted by Crippen LogP contribution is 2.36. The lowest BCUT2D eigenvalue weighted by Crippen LogP contribution is -2.49. The molecule has 9 heteroatoms. The van der Waals surface area contributed by atoms with Gasteiger partial charge in [0.1, 0.15) is 11.3 Å². The fourth-order valence-corrected chi connectivity index (χ4v) is 5.36. The molecular formula is C25H30N6O3. The van der Waals surface area contributed by atoms with Crippen molar-refractivity contribution >= 4 is 28.9 Å². The Morgan fingerprint density at radius 1 is 1.24 bits per heavy atom. The number of hydrogen-bond acceptors (Lipinski definition) is 5. The fraction of sp³-hybridized carbons (Fsp3) is 0.440. The van der Waals surface area contributed by atoms with E-state index < -0.39 is 6.09 Å². The first-order chi connectivity index (χ1) is 16.1. The van der Waals surface area contributed by atoms with Crippen molar-refractivity contribution < 1.29 is 14.7 Å². The van der Waals surface area contributed by atoms with Gasteiger partial charge in [-0.15, -0.1) is 0 Å². The number of aryl methyl sites for hydroxylation is 1. The summed E-state index contributed by atoms with van der Waals surface area (Å²) in [5, 5.41) is 16.1. The number of rotatable bonds is 3. The van der Waals surface area contributed by atoms with E-state index in [2.05, 4.69) is 36.4 Å². The number of aromatic nitrogens is 3. The molecule has 0 spiro atoms. The third kappa shape index (κ3) is 3.74. The highest BCUT2D eigenvalue weighted by Gasteiger charge is 2.44. The van der Waals surface area contributed by atoms with Crippen LogP contribution in [0.5, 0.6) is 0 Å². The summed E-state index contributed by atoms with van der Waals surface area (Å²) in [7, 11) is 0. The van der Waals surface area contributed by atoms with Crippen LogP contribution in [0.25, 0.3) is 22.3 Å². The molecule has 4 N–H and O–H groups in total. The van der Waals surface area contributed by atoms with Crippen LogP contribution in [0.3, 0.4) is 0 Å². The minimum Gasteiger partial charge on any atom is -0.465 e. The van der Waals surface area contributed by atoms with Gasteiger partial charge in [0.05, 0.1) is 28.9 Å². The summed E-state index contributed by atoms with van der Waals surface area (Å²) >= 11 is 0. The van der Waals surface area contributed by atoms with Gasteiger partial charge in [-0.1, -0.05) is 32.9 Å². The van der Waals surface area contributed by atoms with Gasteiger partial charge in [-0.3, -0.25) is 4.79 Å². The van der Waals surface area contributed by atoms with E-state index in [0.717, 1.165) is 40.1 Å². The minimum atomic E-state index is -0.896. The van der Waals surface area contributed by atoms with Crippen LogP contribution in [0, 0.1) is 12.3 Å². The molecule has 0 bridgehead atoms. The Morgan fingerprint density at radius 3 is 2.74 bits per heavy atom. The van der Waals surface area contributed by atoms with Crippen molar-refractivity contribution in [2.24, 2.45) is 5.41 Å². The minimum absolute atomic E-state index is 0.0642. The SMILES string of the molecule is Cc1nc2cccc(-c3cc4c([nH]3)CCNC4=O)c2nc1NC1CCN(C(=O)O)[C@@H]1C(C)(C)C.